The molecular weight excluding hydrogens is 452 g/mol. The Hall–Kier alpha value is -2.30. The lowest BCUT2D eigenvalue weighted by atomic mass is 9.83. The van der Waals surface area contributed by atoms with Crippen LogP contribution in [0.1, 0.15) is 62.5 Å². The molecule has 1 atom stereocenters. The maximum atomic E-state index is 13.0. The average molecular weight is 479 g/mol. The lowest BCUT2D eigenvalue weighted by Gasteiger charge is -2.31. The lowest BCUT2D eigenvalue weighted by molar-refractivity contribution is -0.143. The van der Waals surface area contributed by atoms with Crippen LogP contribution in [0.4, 0.5) is 32.0 Å². The molecule has 1 heterocycles. The Balaban J connectivity index is 1.52. The third kappa shape index (κ3) is 7.35. The lowest BCUT2D eigenvalue weighted by Crippen LogP contribution is -2.50. The van der Waals surface area contributed by atoms with Crippen LogP contribution in [-0.4, -0.2) is 30.4 Å². The number of carbonyl (C=O) groups is 2. The number of alkyl halides is 6. The molecule has 1 saturated carbocycles. The minimum atomic E-state index is -4.98. The highest BCUT2D eigenvalue weighted by molar-refractivity contribution is 5.91. The van der Waals surface area contributed by atoms with Crippen molar-refractivity contribution in [1.82, 2.24) is 10.6 Å². The molecule has 1 aromatic rings. The van der Waals surface area contributed by atoms with E-state index >= 15 is 0 Å². The number of piperidine rings is 1. The van der Waals surface area contributed by atoms with E-state index < -0.39 is 35.1 Å². The third-order valence-corrected chi connectivity index (χ3v) is 6.17. The van der Waals surface area contributed by atoms with Crippen molar-refractivity contribution in [3.63, 3.8) is 0 Å². The van der Waals surface area contributed by atoms with Crippen molar-refractivity contribution in [2.75, 3.05) is 11.9 Å². The van der Waals surface area contributed by atoms with E-state index in [0.717, 1.165) is 25.8 Å². The van der Waals surface area contributed by atoms with Crippen LogP contribution < -0.4 is 16.0 Å². The first kappa shape index (κ1) is 25.3. The van der Waals surface area contributed by atoms with Crippen LogP contribution in [0.25, 0.3) is 0 Å². The van der Waals surface area contributed by atoms with Gasteiger partial charge in [-0.2, -0.15) is 26.3 Å². The highest BCUT2D eigenvalue weighted by Gasteiger charge is 2.37. The Morgan fingerprint density at radius 3 is 2.00 bits per heavy atom. The Kier molecular flexibility index (Phi) is 7.92. The summed E-state index contributed by atoms with van der Waals surface area (Å²) in [6, 6.07) is 0.834. The summed E-state index contributed by atoms with van der Waals surface area (Å²) in [5.41, 5.74) is -3.49. The molecule has 0 spiro atoms. The highest BCUT2D eigenvalue weighted by Crippen LogP contribution is 2.37. The summed E-state index contributed by atoms with van der Waals surface area (Å²) in [5, 5.41) is 8.40. The van der Waals surface area contributed by atoms with Crippen LogP contribution in [0.3, 0.4) is 0 Å². The molecule has 0 unspecified atom stereocenters. The fourth-order valence-electron chi connectivity index (χ4n) is 4.39. The molecule has 1 aliphatic carbocycles. The first-order valence-corrected chi connectivity index (χ1v) is 11.0. The summed E-state index contributed by atoms with van der Waals surface area (Å²) in [6.45, 7) is 0.816. The van der Waals surface area contributed by atoms with Crippen LogP contribution in [0.5, 0.6) is 0 Å². The van der Waals surface area contributed by atoms with Gasteiger partial charge in [0.2, 0.25) is 11.8 Å². The summed E-state index contributed by atoms with van der Waals surface area (Å²) in [4.78, 5) is 24.6. The van der Waals surface area contributed by atoms with Crippen molar-refractivity contribution in [3.8, 4) is 0 Å². The van der Waals surface area contributed by atoms with Gasteiger partial charge in [0.15, 0.2) is 0 Å². The van der Waals surface area contributed by atoms with E-state index in [2.05, 4.69) is 16.0 Å². The van der Waals surface area contributed by atoms with E-state index in [4.69, 9.17) is 0 Å². The van der Waals surface area contributed by atoms with Gasteiger partial charge in [0.1, 0.15) is 0 Å². The molecule has 0 aromatic heterocycles. The van der Waals surface area contributed by atoms with Gasteiger partial charge in [-0.15, -0.1) is 0 Å². The van der Waals surface area contributed by atoms with Crippen LogP contribution in [-0.2, 0) is 21.9 Å². The zero-order valence-corrected chi connectivity index (χ0v) is 17.9. The molecule has 2 amide bonds. The minimum Gasteiger partial charge on any atom is -0.352 e. The van der Waals surface area contributed by atoms with Crippen molar-refractivity contribution >= 4 is 17.5 Å². The summed E-state index contributed by atoms with van der Waals surface area (Å²) < 4.78 is 77.9. The molecule has 3 rings (SSSR count). The molecule has 33 heavy (non-hydrogen) atoms. The number of hydrogen-bond acceptors (Lipinski definition) is 3. The smallest absolute Gasteiger partial charge is 0.352 e. The largest absolute Gasteiger partial charge is 0.416 e. The van der Waals surface area contributed by atoms with Gasteiger partial charge in [-0.3, -0.25) is 9.59 Å². The highest BCUT2D eigenvalue weighted by atomic mass is 19.4. The van der Waals surface area contributed by atoms with E-state index in [1.807, 2.05) is 0 Å². The van der Waals surface area contributed by atoms with Crippen molar-refractivity contribution in [2.24, 2.45) is 5.92 Å². The van der Waals surface area contributed by atoms with Crippen molar-refractivity contribution < 1.29 is 35.9 Å². The van der Waals surface area contributed by atoms with Gasteiger partial charge in [-0.1, -0.05) is 6.42 Å². The molecule has 2 fully saturated rings. The molecule has 184 valence electrons. The Morgan fingerprint density at radius 2 is 1.48 bits per heavy atom. The summed E-state index contributed by atoms with van der Waals surface area (Å²) in [7, 11) is 0. The van der Waals surface area contributed by atoms with Crippen LogP contribution >= 0.6 is 0 Å². The van der Waals surface area contributed by atoms with Crippen LogP contribution in [0, 0.1) is 5.92 Å². The maximum Gasteiger partial charge on any atom is 0.416 e. The first-order chi connectivity index (χ1) is 15.4. The fraction of sp³-hybridized carbons (Fsp3) is 0.636. The predicted octanol–water partition coefficient (Wildman–Crippen LogP) is 4.87. The summed E-state index contributed by atoms with van der Waals surface area (Å²) in [6.07, 6.45) is -4.52. The molecular formula is C22H27F6N3O2. The van der Waals surface area contributed by atoms with Crippen molar-refractivity contribution in [2.45, 2.75) is 75.8 Å². The van der Waals surface area contributed by atoms with E-state index in [0.29, 0.717) is 37.8 Å². The monoisotopic (exact) mass is 479 g/mol. The zero-order chi connectivity index (χ0) is 24.2. The standard InChI is InChI=1S/C22H27F6N3O2/c23-21(24,25)14-10-15(22(26,27)28)12-17(11-14)30-19(32)9-13-4-6-16(7-5-13)31-20(33)18-3-1-2-8-29-18/h10-13,16,18,29H,1-9H2,(H,30,32)(H,31,33)/t13-,16-,18-/m0/s1. The van der Waals surface area contributed by atoms with E-state index in [-0.39, 0.29) is 36.4 Å². The van der Waals surface area contributed by atoms with Gasteiger partial charge in [0, 0.05) is 18.2 Å². The molecule has 1 saturated heterocycles. The SMILES string of the molecule is O=C(C[C@H]1CC[C@H](NC(=O)[C@@H]2CCCCN2)CC1)Nc1cc(C(F)(F)F)cc(C(F)(F)F)c1. The molecule has 0 radical (unpaired) electrons. The molecule has 1 aliphatic heterocycles. The zero-order valence-electron chi connectivity index (χ0n) is 17.9. The first-order valence-electron chi connectivity index (χ1n) is 11.0. The number of carbonyl (C=O) groups excluding carboxylic acids is 2. The van der Waals surface area contributed by atoms with Gasteiger partial charge in [0.25, 0.3) is 0 Å². The fourth-order valence-corrected chi connectivity index (χ4v) is 4.39. The van der Waals surface area contributed by atoms with E-state index in [9.17, 15) is 35.9 Å². The number of benzene rings is 1. The number of amides is 2. The van der Waals surface area contributed by atoms with Gasteiger partial charge < -0.3 is 16.0 Å². The molecule has 3 N–H and O–H groups in total. The Labute approximate surface area is 187 Å². The Bertz CT molecular complexity index is 809. The summed E-state index contributed by atoms with van der Waals surface area (Å²) in [5.74, 6) is -0.721. The Morgan fingerprint density at radius 1 is 0.879 bits per heavy atom. The van der Waals surface area contributed by atoms with Gasteiger partial charge in [0.05, 0.1) is 17.2 Å². The topological polar surface area (TPSA) is 70.2 Å². The predicted molar refractivity (Wildman–Crippen MR) is 109 cm³/mol. The molecule has 2 aliphatic rings. The maximum absolute atomic E-state index is 13.0. The number of anilines is 1. The molecule has 1 aromatic carbocycles. The number of hydrogen-bond donors (Lipinski definition) is 3. The van der Waals surface area contributed by atoms with Gasteiger partial charge in [-0.05, 0) is 69.2 Å². The number of nitrogens with one attached hydrogen (secondary N) is 3. The number of halogens is 6. The van der Waals surface area contributed by atoms with E-state index in [1.54, 1.807) is 0 Å². The van der Waals surface area contributed by atoms with Crippen molar-refractivity contribution in [3.05, 3.63) is 29.3 Å². The molecule has 11 heteroatoms. The van der Waals surface area contributed by atoms with Crippen molar-refractivity contribution in [1.29, 1.82) is 0 Å². The minimum absolute atomic E-state index is 0.00153. The second-order valence-corrected chi connectivity index (χ2v) is 8.78. The molecule has 5 nitrogen and oxygen atoms in total. The normalized spacial score (nSPS) is 24.2. The second kappa shape index (κ2) is 10.3. The van der Waals surface area contributed by atoms with Crippen LogP contribution in [0.2, 0.25) is 0 Å². The third-order valence-electron chi connectivity index (χ3n) is 6.17. The second-order valence-electron chi connectivity index (χ2n) is 8.78. The number of rotatable bonds is 5. The van der Waals surface area contributed by atoms with Gasteiger partial charge >= 0.3 is 12.4 Å². The van der Waals surface area contributed by atoms with Crippen LogP contribution in [0.15, 0.2) is 18.2 Å². The average Bonchev–Trinajstić information content (AvgIpc) is 2.74. The van der Waals surface area contributed by atoms with Gasteiger partial charge in [-0.25, -0.2) is 0 Å². The van der Waals surface area contributed by atoms with E-state index in [1.165, 1.54) is 0 Å². The summed E-state index contributed by atoms with van der Waals surface area (Å²) >= 11 is 0. The molecule has 0 bridgehead atoms. The quantitative estimate of drug-likeness (QED) is 0.528.